The van der Waals surface area contributed by atoms with Gasteiger partial charge in [0.25, 0.3) is 0 Å². The summed E-state index contributed by atoms with van der Waals surface area (Å²) in [6.45, 7) is 4.28. The molecule has 0 spiro atoms. The summed E-state index contributed by atoms with van der Waals surface area (Å²) in [6.07, 6.45) is 0.00337. The fourth-order valence-electron chi connectivity index (χ4n) is 2.85. The number of benzene rings is 2. The third kappa shape index (κ3) is 3.17. The standard InChI is InChI=1S/C19H18BrNO2/c1-11(2)12-6-7-17-15(9-12)16(10-18(22)23)19(21-17)13-4-3-5-14(20)8-13/h3-9,11,21H,10H2,1-2H3,(H,22,23). The van der Waals surface area contributed by atoms with E-state index in [1.54, 1.807) is 0 Å². The van der Waals surface area contributed by atoms with E-state index < -0.39 is 5.97 Å². The molecule has 0 aliphatic carbocycles. The van der Waals surface area contributed by atoms with Crippen LogP contribution in [0.5, 0.6) is 0 Å². The van der Waals surface area contributed by atoms with Crippen molar-refractivity contribution in [2.24, 2.45) is 0 Å². The molecule has 0 unspecified atom stereocenters. The van der Waals surface area contributed by atoms with E-state index in [2.05, 4.69) is 46.9 Å². The van der Waals surface area contributed by atoms with Crippen LogP contribution in [-0.2, 0) is 11.2 Å². The molecule has 0 saturated carbocycles. The van der Waals surface area contributed by atoms with E-state index in [-0.39, 0.29) is 6.42 Å². The lowest BCUT2D eigenvalue weighted by atomic mass is 9.98. The van der Waals surface area contributed by atoms with Crippen LogP contribution in [0.1, 0.15) is 30.9 Å². The van der Waals surface area contributed by atoms with E-state index in [0.717, 1.165) is 32.2 Å². The lowest BCUT2D eigenvalue weighted by Crippen LogP contribution is -2.01. The van der Waals surface area contributed by atoms with Crippen molar-refractivity contribution in [2.45, 2.75) is 26.2 Å². The van der Waals surface area contributed by atoms with E-state index in [1.165, 1.54) is 5.56 Å². The molecular formula is C19H18BrNO2. The summed E-state index contributed by atoms with van der Waals surface area (Å²) in [7, 11) is 0. The van der Waals surface area contributed by atoms with E-state index in [4.69, 9.17) is 0 Å². The van der Waals surface area contributed by atoms with Crippen LogP contribution in [0.4, 0.5) is 0 Å². The Hall–Kier alpha value is -2.07. The van der Waals surface area contributed by atoms with Gasteiger partial charge in [-0.3, -0.25) is 4.79 Å². The molecular weight excluding hydrogens is 354 g/mol. The number of nitrogens with one attached hydrogen (secondary N) is 1. The Labute approximate surface area is 143 Å². The quantitative estimate of drug-likeness (QED) is 0.649. The molecule has 0 aliphatic rings. The van der Waals surface area contributed by atoms with Crippen LogP contribution < -0.4 is 0 Å². The fraction of sp³-hybridized carbons (Fsp3) is 0.211. The van der Waals surface area contributed by atoms with Gasteiger partial charge < -0.3 is 10.1 Å². The van der Waals surface area contributed by atoms with Gasteiger partial charge in [-0.1, -0.05) is 48.0 Å². The molecule has 0 atom stereocenters. The highest BCUT2D eigenvalue weighted by atomic mass is 79.9. The molecule has 2 aromatic carbocycles. The highest BCUT2D eigenvalue weighted by Crippen LogP contribution is 2.33. The number of hydrogen-bond donors (Lipinski definition) is 2. The first-order valence-corrected chi connectivity index (χ1v) is 8.37. The van der Waals surface area contributed by atoms with Gasteiger partial charge >= 0.3 is 5.97 Å². The van der Waals surface area contributed by atoms with Crippen LogP contribution in [0.3, 0.4) is 0 Å². The molecule has 0 saturated heterocycles. The average Bonchev–Trinajstić information content (AvgIpc) is 2.84. The molecule has 3 rings (SSSR count). The van der Waals surface area contributed by atoms with Gasteiger partial charge in [-0.15, -0.1) is 0 Å². The van der Waals surface area contributed by atoms with Crippen molar-refractivity contribution in [3.8, 4) is 11.3 Å². The first-order valence-electron chi connectivity index (χ1n) is 7.58. The van der Waals surface area contributed by atoms with E-state index in [0.29, 0.717) is 5.92 Å². The summed E-state index contributed by atoms with van der Waals surface area (Å²) in [5.74, 6) is -0.418. The topological polar surface area (TPSA) is 53.1 Å². The maximum absolute atomic E-state index is 11.4. The van der Waals surface area contributed by atoms with E-state index >= 15 is 0 Å². The van der Waals surface area contributed by atoms with Gasteiger partial charge in [0.1, 0.15) is 0 Å². The zero-order valence-corrected chi connectivity index (χ0v) is 14.6. The average molecular weight is 372 g/mol. The Kier molecular flexibility index (Phi) is 4.26. The summed E-state index contributed by atoms with van der Waals surface area (Å²) in [5, 5.41) is 10.3. The predicted molar refractivity (Wildman–Crippen MR) is 96.9 cm³/mol. The summed E-state index contributed by atoms with van der Waals surface area (Å²) >= 11 is 3.48. The molecule has 0 aliphatic heterocycles. The highest BCUT2D eigenvalue weighted by Gasteiger charge is 2.17. The second-order valence-electron chi connectivity index (χ2n) is 6.02. The molecule has 1 heterocycles. The monoisotopic (exact) mass is 371 g/mol. The number of carboxylic acids is 1. The Morgan fingerprint density at radius 1 is 1.22 bits per heavy atom. The molecule has 0 bridgehead atoms. The number of rotatable bonds is 4. The minimum absolute atomic E-state index is 0.00337. The smallest absolute Gasteiger partial charge is 0.307 e. The molecule has 4 heteroatoms. The Morgan fingerprint density at radius 2 is 2.00 bits per heavy atom. The van der Waals surface area contributed by atoms with E-state index in [1.807, 2.05) is 30.3 Å². The molecule has 0 radical (unpaired) electrons. The number of aliphatic carboxylic acids is 1. The van der Waals surface area contributed by atoms with Crippen molar-refractivity contribution in [3.05, 3.63) is 58.1 Å². The maximum Gasteiger partial charge on any atom is 0.307 e. The fourth-order valence-corrected chi connectivity index (χ4v) is 3.25. The molecule has 2 N–H and O–H groups in total. The van der Waals surface area contributed by atoms with Gasteiger partial charge in [-0.2, -0.15) is 0 Å². The Balaban J connectivity index is 2.26. The molecule has 1 aromatic heterocycles. The van der Waals surface area contributed by atoms with Crippen molar-refractivity contribution >= 4 is 32.8 Å². The van der Waals surface area contributed by atoms with Crippen molar-refractivity contribution in [3.63, 3.8) is 0 Å². The first kappa shape index (κ1) is 15.8. The number of hydrogen-bond acceptors (Lipinski definition) is 1. The minimum atomic E-state index is -0.822. The largest absolute Gasteiger partial charge is 0.481 e. The van der Waals surface area contributed by atoms with Crippen molar-refractivity contribution in [1.82, 2.24) is 4.98 Å². The summed E-state index contributed by atoms with van der Waals surface area (Å²) in [4.78, 5) is 14.8. The number of H-pyrrole nitrogens is 1. The first-order chi connectivity index (χ1) is 11.0. The van der Waals surface area contributed by atoms with Crippen molar-refractivity contribution in [2.75, 3.05) is 0 Å². The second-order valence-corrected chi connectivity index (χ2v) is 6.93. The van der Waals surface area contributed by atoms with Crippen molar-refractivity contribution < 1.29 is 9.90 Å². The van der Waals surface area contributed by atoms with Crippen LogP contribution in [0, 0.1) is 0 Å². The normalized spacial score (nSPS) is 11.3. The van der Waals surface area contributed by atoms with Crippen LogP contribution in [0.15, 0.2) is 46.9 Å². The van der Waals surface area contributed by atoms with Gasteiger partial charge in [-0.25, -0.2) is 0 Å². The van der Waals surface area contributed by atoms with Crippen LogP contribution >= 0.6 is 15.9 Å². The minimum Gasteiger partial charge on any atom is -0.481 e. The molecule has 0 fully saturated rings. The predicted octanol–water partition coefficient (Wildman–Crippen LogP) is 5.35. The third-order valence-corrected chi connectivity index (χ3v) is 4.53. The van der Waals surface area contributed by atoms with Crippen LogP contribution in [0.25, 0.3) is 22.2 Å². The molecule has 23 heavy (non-hydrogen) atoms. The lowest BCUT2D eigenvalue weighted by molar-refractivity contribution is -0.136. The lowest BCUT2D eigenvalue weighted by Gasteiger charge is -2.06. The van der Waals surface area contributed by atoms with Crippen LogP contribution in [-0.4, -0.2) is 16.1 Å². The van der Waals surface area contributed by atoms with E-state index in [9.17, 15) is 9.90 Å². The number of aromatic amines is 1. The third-order valence-electron chi connectivity index (χ3n) is 4.04. The van der Waals surface area contributed by atoms with Crippen LogP contribution in [0.2, 0.25) is 0 Å². The number of carbonyl (C=O) groups is 1. The number of fused-ring (bicyclic) bond motifs is 1. The summed E-state index contributed by atoms with van der Waals surface area (Å²) in [6, 6.07) is 14.1. The highest BCUT2D eigenvalue weighted by molar-refractivity contribution is 9.10. The maximum atomic E-state index is 11.4. The second kappa shape index (κ2) is 6.20. The van der Waals surface area contributed by atoms with Gasteiger partial charge in [0.15, 0.2) is 0 Å². The number of carboxylic acid groups (broad SMARTS) is 1. The van der Waals surface area contributed by atoms with Crippen molar-refractivity contribution in [1.29, 1.82) is 0 Å². The SMILES string of the molecule is CC(C)c1ccc2[nH]c(-c3cccc(Br)c3)c(CC(=O)O)c2c1. The Morgan fingerprint density at radius 3 is 2.65 bits per heavy atom. The van der Waals surface area contributed by atoms with Gasteiger partial charge in [0.2, 0.25) is 0 Å². The molecule has 3 aromatic rings. The number of aromatic nitrogens is 1. The molecule has 3 nitrogen and oxygen atoms in total. The van der Waals surface area contributed by atoms with Gasteiger partial charge in [0, 0.05) is 15.4 Å². The number of halogens is 1. The summed E-state index contributed by atoms with van der Waals surface area (Å²) < 4.78 is 0.970. The molecule has 118 valence electrons. The Bertz CT molecular complexity index is 880. The summed E-state index contributed by atoms with van der Waals surface area (Å²) in [5.41, 5.74) is 4.89. The van der Waals surface area contributed by atoms with Gasteiger partial charge in [-0.05, 0) is 46.9 Å². The zero-order valence-electron chi connectivity index (χ0n) is 13.1. The van der Waals surface area contributed by atoms with Gasteiger partial charge in [0.05, 0.1) is 12.1 Å². The zero-order chi connectivity index (χ0) is 16.6. The molecule has 0 amide bonds.